The van der Waals surface area contributed by atoms with Crippen molar-refractivity contribution in [3.05, 3.63) is 29.8 Å². The maximum absolute atomic E-state index is 13.2. The third-order valence-corrected chi connectivity index (χ3v) is 5.37. The number of carboxylic acid groups (broad SMARTS) is 1. The first kappa shape index (κ1) is 31.8. The average Bonchev–Trinajstić information content (AvgIpc) is 2.82. The molecular formula is C23H35N7O8. The number of phenols is 1. The monoisotopic (exact) mass is 537 g/mol. The summed E-state index contributed by atoms with van der Waals surface area (Å²) in [7, 11) is 0. The summed E-state index contributed by atoms with van der Waals surface area (Å²) in [5, 5.41) is 25.9. The lowest BCUT2D eigenvalue weighted by atomic mass is 10.0. The number of rotatable bonds is 17. The molecule has 0 fully saturated rings. The topological polar surface area (TPSA) is 283 Å². The molecule has 38 heavy (non-hydrogen) atoms. The molecule has 0 saturated heterocycles. The van der Waals surface area contributed by atoms with E-state index >= 15 is 0 Å². The number of hydrogen-bond donors (Lipinski definition) is 9. The van der Waals surface area contributed by atoms with E-state index in [0.717, 1.165) is 0 Å². The minimum Gasteiger partial charge on any atom is -0.508 e. The van der Waals surface area contributed by atoms with Crippen molar-refractivity contribution >= 4 is 35.5 Å². The molecule has 0 aromatic heterocycles. The van der Waals surface area contributed by atoms with Gasteiger partial charge in [-0.25, -0.2) is 4.79 Å². The Balaban J connectivity index is 3.15. The van der Waals surface area contributed by atoms with Gasteiger partial charge in [-0.05, 0) is 43.5 Å². The van der Waals surface area contributed by atoms with E-state index in [1.165, 1.54) is 24.3 Å². The van der Waals surface area contributed by atoms with E-state index in [-0.39, 0.29) is 18.6 Å². The lowest BCUT2D eigenvalue weighted by Crippen LogP contribution is -2.58. The fraction of sp³-hybridized carbons (Fsp3) is 0.478. The summed E-state index contributed by atoms with van der Waals surface area (Å²) in [4.78, 5) is 72.4. The molecule has 15 heteroatoms. The molecular weight excluding hydrogens is 502 g/mol. The minimum atomic E-state index is -1.62. The molecule has 0 aliphatic carbocycles. The van der Waals surface area contributed by atoms with Crippen LogP contribution < -0.4 is 38.9 Å². The molecule has 0 aliphatic heterocycles. The van der Waals surface area contributed by atoms with E-state index in [0.29, 0.717) is 24.9 Å². The number of hydrogen-bond acceptors (Lipinski definition) is 9. The highest BCUT2D eigenvalue weighted by molar-refractivity contribution is 5.95. The van der Waals surface area contributed by atoms with Gasteiger partial charge >= 0.3 is 5.97 Å². The Labute approximate surface area is 218 Å². The maximum atomic E-state index is 13.2. The van der Waals surface area contributed by atoms with Crippen molar-refractivity contribution in [2.75, 3.05) is 6.54 Å². The molecule has 1 rings (SSSR count). The number of aromatic hydroxyl groups is 1. The third kappa shape index (κ3) is 11.7. The van der Waals surface area contributed by atoms with Gasteiger partial charge in [0.1, 0.15) is 23.9 Å². The number of carboxylic acids is 1. The third-order valence-electron chi connectivity index (χ3n) is 5.37. The largest absolute Gasteiger partial charge is 0.508 e. The van der Waals surface area contributed by atoms with E-state index in [4.69, 9.17) is 22.9 Å². The molecule has 1 aromatic carbocycles. The van der Waals surface area contributed by atoms with Crippen molar-refractivity contribution in [1.29, 1.82) is 0 Å². The van der Waals surface area contributed by atoms with Crippen LogP contribution in [0.2, 0.25) is 0 Å². The van der Waals surface area contributed by atoms with Gasteiger partial charge in [0.15, 0.2) is 0 Å². The zero-order valence-corrected chi connectivity index (χ0v) is 20.7. The van der Waals surface area contributed by atoms with E-state index in [1.807, 2.05) is 0 Å². The highest BCUT2D eigenvalue weighted by Crippen LogP contribution is 2.12. The second-order valence-electron chi connectivity index (χ2n) is 8.62. The van der Waals surface area contributed by atoms with Gasteiger partial charge in [-0.2, -0.15) is 0 Å². The summed E-state index contributed by atoms with van der Waals surface area (Å²) in [6, 6.07) is 0.288. The number of phenolic OH excluding ortho intramolecular Hbond substituents is 1. The van der Waals surface area contributed by atoms with Crippen LogP contribution in [0.5, 0.6) is 5.75 Å². The van der Waals surface area contributed by atoms with Crippen LogP contribution in [-0.4, -0.2) is 76.4 Å². The van der Waals surface area contributed by atoms with Crippen molar-refractivity contribution in [2.45, 2.75) is 62.7 Å². The number of nitrogens with one attached hydrogen (secondary N) is 3. The number of aliphatic carboxylic acids is 1. The molecule has 0 spiro atoms. The number of benzene rings is 1. The van der Waals surface area contributed by atoms with Crippen LogP contribution in [0.1, 0.15) is 37.7 Å². The van der Waals surface area contributed by atoms with Crippen LogP contribution in [0, 0.1) is 0 Å². The van der Waals surface area contributed by atoms with E-state index in [1.54, 1.807) is 0 Å². The number of carbonyl (C=O) groups excluding carboxylic acids is 5. The quantitative estimate of drug-likeness (QED) is 0.0891. The minimum absolute atomic E-state index is 0.0251. The fourth-order valence-electron chi connectivity index (χ4n) is 3.37. The van der Waals surface area contributed by atoms with E-state index in [9.17, 15) is 39.0 Å². The summed E-state index contributed by atoms with van der Waals surface area (Å²) in [5.74, 6) is -5.85. The highest BCUT2D eigenvalue weighted by atomic mass is 16.4. The van der Waals surface area contributed by atoms with Crippen LogP contribution in [0.15, 0.2) is 24.3 Å². The van der Waals surface area contributed by atoms with Gasteiger partial charge < -0.3 is 49.1 Å². The highest BCUT2D eigenvalue weighted by Gasteiger charge is 2.31. The van der Waals surface area contributed by atoms with Crippen LogP contribution >= 0.6 is 0 Å². The van der Waals surface area contributed by atoms with Crippen molar-refractivity contribution in [3.63, 3.8) is 0 Å². The molecule has 13 N–H and O–H groups in total. The number of unbranched alkanes of at least 4 members (excludes halogenated alkanes) is 1. The molecule has 0 radical (unpaired) electrons. The molecule has 210 valence electrons. The zero-order chi connectivity index (χ0) is 28.8. The van der Waals surface area contributed by atoms with Gasteiger partial charge in [0.2, 0.25) is 29.5 Å². The predicted octanol–water partition coefficient (Wildman–Crippen LogP) is -3.32. The van der Waals surface area contributed by atoms with Crippen LogP contribution in [0.3, 0.4) is 0 Å². The van der Waals surface area contributed by atoms with Gasteiger partial charge in [-0.3, -0.25) is 24.0 Å². The maximum Gasteiger partial charge on any atom is 0.326 e. The summed E-state index contributed by atoms with van der Waals surface area (Å²) in [6.45, 7) is 0.305. The summed E-state index contributed by atoms with van der Waals surface area (Å²) in [5.41, 5.74) is 21.9. The number of carbonyl (C=O) groups is 6. The second kappa shape index (κ2) is 15.8. The summed E-state index contributed by atoms with van der Waals surface area (Å²) in [6.07, 6.45) is -0.266. The van der Waals surface area contributed by atoms with Crippen LogP contribution in [-0.2, 0) is 35.2 Å². The normalized spacial score (nSPS) is 13.8. The molecule has 1 aromatic rings. The summed E-state index contributed by atoms with van der Waals surface area (Å²) >= 11 is 0. The Morgan fingerprint density at radius 2 is 1.29 bits per heavy atom. The lowest BCUT2D eigenvalue weighted by Gasteiger charge is -2.25. The van der Waals surface area contributed by atoms with Crippen molar-refractivity contribution in [2.24, 2.45) is 22.9 Å². The van der Waals surface area contributed by atoms with Crippen LogP contribution in [0.25, 0.3) is 0 Å². The molecule has 5 amide bonds. The van der Waals surface area contributed by atoms with Crippen molar-refractivity contribution in [1.82, 2.24) is 16.0 Å². The average molecular weight is 538 g/mol. The second-order valence-corrected chi connectivity index (χ2v) is 8.62. The molecule has 0 saturated carbocycles. The fourth-order valence-corrected chi connectivity index (χ4v) is 3.37. The zero-order valence-electron chi connectivity index (χ0n) is 20.7. The lowest BCUT2D eigenvalue weighted by molar-refractivity contribution is -0.143. The summed E-state index contributed by atoms with van der Waals surface area (Å²) < 4.78 is 0. The Morgan fingerprint density at radius 3 is 1.82 bits per heavy atom. The molecule has 4 unspecified atom stereocenters. The van der Waals surface area contributed by atoms with E-state index < -0.39 is 72.5 Å². The number of primary amides is 2. The van der Waals surface area contributed by atoms with Crippen molar-refractivity contribution < 1.29 is 39.0 Å². The van der Waals surface area contributed by atoms with Crippen molar-refractivity contribution in [3.8, 4) is 5.75 Å². The Bertz CT molecular complexity index is 1000. The van der Waals surface area contributed by atoms with Gasteiger partial charge in [0.05, 0.1) is 18.9 Å². The Kier molecular flexibility index (Phi) is 13.2. The number of amides is 5. The van der Waals surface area contributed by atoms with Gasteiger partial charge in [-0.1, -0.05) is 12.1 Å². The van der Waals surface area contributed by atoms with E-state index in [2.05, 4.69) is 16.0 Å². The van der Waals surface area contributed by atoms with Gasteiger partial charge in [0.25, 0.3) is 0 Å². The molecule has 0 bridgehead atoms. The van der Waals surface area contributed by atoms with Crippen LogP contribution in [0.4, 0.5) is 0 Å². The molecule has 4 atom stereocenters. The first-order valence-corrected chi connectivity index (χ1v) is 11.8. The Morgan fingerprint density at radius 1 is 0.763 bits per heavy atom. The SMILES string of the molecule is NCCCCC(NC(=O)C(Cc1ccc(O)cc1)NC(=O)C(N)CC(N)=O)C(=O)NC(CC(N)=O)C(=O)O. The predicted molar refractivity (Wildman–Crippen MR) is 134 cm³/mol. The first-order valence-electron chi connectivity index (χ1n) is 11.8. The Hall–Kier alpha value is -4.24. The van der Waals surface area contributed by atoms with Gasteiger partial charge in [-0.15, -0.1) is 0 Å². The molecule has 0 heterocycles. The van der Waals surface area contributed by atoms with Gasteiger partial charge in [0, 0.05) is 6.42 Å². The standard InChI is InChI=1S/C23H35N7O8/c24-8-2-1-3-15(21(35)30-17(23(37)38)11-19(27)33)28-22(36)16(9-12-4-6-13(31)7-5-12)29-20(34)14(25)10-18(26)32/h4-7,14-17,31H,1-3,8-11,24-25H2,(H2,26,32)(H2,27,33)(H,28,36)(H,29,34)(H,30,35)(H,37,38). The smallest absolute Gasteiger partial charge is 0.326 e. The number of nitrogens with two attached hydrogens (primary N) is 4. The molecule has 15 nitrogen and oxygen atoms in total. The molecule has 0 aliphatic rings. The first-order chi connectivity index (χ1) is 17.8.